The molecule has 7 nitrogen and oxygen atoms in total. The van der Waals surface area contributed by atoms with E-state index in [1.165, 1.54) is 31.0 Å². The zero-order valence-corrected chi connectivity index (χ0v) is 13.9. The molecular weight excluding hydrogens is 366 g/mol. The molecule has 0 aliphatic carbocycles. The highest BCUT2D eigenvalue weighted by Crippen LogP contribution is 2.27. The van der Waals surface area contributed by atoms with E-state index in [-0.39, 0.29) is 22.5 Å². The maximum absolute atomic E-state index is 12.0. The Morgan fingerprint density at radius 1 is 1.26 bits per heavy atom. The lowest BCUT2D eigenvalue weighted by molar-refractivity contribution is 0.0588. The van der Waals surface area contributed by atoms with Gasteiger partial charge in [0.2, 0.25) is 0 Å². The van der Waals surface area contributed by atoms with Crippen LogP contribution in [0.2, 0.25) is 0 Å². The number of methoxy groups -OCH3 is 2. The second-order valence-corrected chi connectivity index (χ2v) is 5.29. The Kier molecular flexibility index (Phi) is 4.71. The second kappa shape index (κ2) is 6.54. The number of nitrogens with zero attached hydrogens (tertiary/aromatic N) is 2. The fourth-order valence-corrected chi connectivity index (χ4v) is 2.46. The van der Waals surface area contributed by atoms with E-state index in [9.17, 15) is 9.59 Å². The normalized spacial score (nSPS) is 10.0. The summed E-state index contributed by atoms with van der Waals surface area (Å²) in [6.45, 7) is 0. The molecule has 1 aromatic carbocycles. The molecule has 23 heavy (non-hydrogen) atoms. The Bertz CT molecular complexity index is 836. The third-order valence-corrected chi connectivity index (χ3v) is 3.87. The molecule has 0 radical (unpaired) electrons. The van der Waals surface area contributed by atoms with Crippen molar-refractivity contribution in [1.29, 1.82) is 5.26 Å². The molecule has 1 aromatic heterocycles. The SMILES string of the molecule is COC(=O)c1cc(-n2cc(C#N)c(N)c2C(=O)OC)ccc1Br. The number of benzene rings is 1. The third kappa shape index (κ3) is 2.91. The summed E-state index contributed by atoms with van der Waals surface area (Å²) in [7, 11) is 2.48. The third-order valence-electron chi connectivity index (χ3n) is 3.18. The average molecular weight is 378 g/mol. The number of nitriles is 1. The zero-order chi connectivity index (χ0) is 17.1. The summed E-state index contributed by atoms with van der Waals surface area (Å²) in [4.78, 5) is 23.8. The minimum absolute atomic E-state index is 0.0156. The Balaban J connectivity index is 2.70. The lowest BCUT2D eigenvalue weighted by Gasteiger charge is -2.10. The molecule has 2 rings (SSSR count). The number of carbonyl (C=O) groups excluding carboxylic acids is 2. The van der Waals surface area contributed by atoms with Crippen LogP contribution >= 0.6 is 15.9 Å². The van der Waals surface area contributed by atoms with Gasteiger partial charge in [0.1, 0.15) is 6.07 Å². The van der Waals surface area contributed by atoms with Crippen molar-refractivity contribution in [3.05, 3.63) is 45.7 Å². The smallest absolute Gasteiger partial charge is 0.357 e. The van der Waals surface area contributed by atoms with Crippen molar-refractivity contribution >= 4 is 33.6 Å². The van der Waals surface area contributed by atoms with Crippen LogP contribution in [0.3, 0.4) is 0 Å². The van der Waals surface area contributed by atoms with Gasteiger partial charge < -0.3 is 19.8 Å². The highest BCUT2D eigenvalue weighted by Gasteiger charge is 2.22. The van der Waals surface area contributed by atoms with E-state index in [2.05, 4.69) is 15.9 Å². The van der Waals surface area contributed by atoms with E-state index in [4.69, 9.17) is 20.5 Å². The molecule has 2 aromatic rings. The van der Waals surface area contributed by atoms with Gasteiger partial charge in [-0.1, -0.05) is 0 Å². The summed E-state index contributed by atoms with van der Waals surface area (Å²) >= 11 is 3.26. The molecule has 0 aliphatic heterocycles. The first-order valence-corrected chi connectivity index (χ1v) is 7.11. The summed E-state index contributed by atoms with van der Waals surface area (Å²) in [6, 6.07) is 6.71. The Morgan fingerprint density at radius 3 is 2.48 bits per heavy atom. The van der Waals surface area contributed by atoms with E-state index in [1.54, 1.807) is 12.1 Å². The van der Waals surface area contributed by atoms with E-state index >= 15 is 0 Å². The second-order valence-electron chi connectivity index (χ2n) is 4.43. The maximum atomic E-state index is 12.0. The highest BCUT2D eigenvalue weighted by atomic mass is 79.9. The monoisotopic (exact) mass is 377 g/mol. The molecule has 0 aliphatic rings. The lowest BCUT2D eigenvalue weighted by atomic mass is 10.2. The molecule has 0 atom stereocenters. The number of carbonyl (C=O) groups is 2. The number of esters is 2. The van der Waals surface area contributed by atoms with Crippen molar-refractivity contribution in [3.63, 3.8) is 0 Å². The largest absolute Gasteiger partial charge is 0.465 e. The van der Waals surface area contributed by atoms with Crippen LogP contribution in [0.5, 0.6) is 0 Å². The molecule has 118 valence electrons. The van der Waals surface area contributed by atoms with Crippen molar-refractivity contribution in [1.82, 2.24) is 4.57 Å². The molecule has 0 saturated heterocycles. The summed E-state index contributed by atoms with van der Waals surface area (Å²) in [5.74, 6) is -1.23. The van der Waals surface area contributed by atoms with Gasteiger partial charge in [-0.2, -0.15) is 5.26 Å². The van der Waals surface area contributed by atoms with Gasteiger partial charge >= 0.3 is 11.9 Å². The Hall–Kier alpha value is -2.79. The van der Waals surface area contributed by atoms with E-state index < -0.39 is 11.9 Å². The van der Waals surface area contributed by atoms with Crippen molar-refractivity contribution in [3.8, 4) is 11.8 Å². The van der Waals surface area contributed by atoms with Crippen molar-refractivity contribution in [2.24, 2.45) is 0 Å². The molecular formula is C15H12BrN3O4. The summed E-state index contributed by atoms with van der Waals surface area (Å²) < 4.78 is 11.4. The standard InChI is InChI=1S/C15H12BrN3O4/c1-22-14(20)10-5-9(3-4-11(10)16)19-7-8(6-17)12(18)13(19)15(21)23-2/h3-5,7H,18H2,1-2H3. The molecule has 2 N–H and O–H groups in total. The molecule has 8 heteroatoms. The van der Waals surface area contributed by atoms with Crippen molar-refractivity contribution < 1.29 is 19.1 Å². The van der Waals surface area contributed by atoms with Crippen LogP contribution in [0.15, 0.2) is 28.9 Å². The fourth-order valence-electron chi connectivity index (χ4n) is 2.05. The number of nitrogens with two attached hydrogens (primary N) is 1. The molecule has 0 spiro atoms. The number of hydrogen-bond acceptors (Lipinski definition) is 6. The van der Waals surface area contributed by atoms with Gasteiger partial charge in [-0.05, 0) is 34.1 Å². The van der Waals surface area contributed by atoms with E-state index in [0.29, 0.717) is 10.2 Å². The minimum atomic E-state index is -0.688. The number of ether oxygens (including phenoxy) is 2. The molecule has 0 unspecified atom stereocenters. The topological polar surface area (TPSA) is 107 Å². The van der Waals surface area contributed by atoms with Crippen LogP contribution < -0.4 is 5.73 Å². The van der Waals surface area contributed by atoms with Crippen LogP contribution in [-0.4, -0.2) is 30.7 Å². The van der Waals surface area contributed by atoms with Gasteiger partial charge in [0.15, 0.2) is 5.69 Å². The zero-order valence-electron chi connectivity index (χ0n) is 12.3. The summed E-state index contributed by atoms with van der Waals surface area (Å²) in [5, 5.41) is 9.11. The number of nitrogen functional groups attached to an aromatic ring is 1. The first-order chi connectivity index (χ1) is 10.9. The number of anilines is 1. The van der Waals surface area contributed by atoms with Crippen molar-refractivity contribution in [2.45, 2.75) is 0 Å². The quantitative estimate of drug-likeness (QED) is 0.821. The number of aromatic nitrogens is 1. The van der Waals surface area contributed by atoms with Gasteiger partial charge in [0.25, 0.3) is 0 Å². The Labute approximate surface area is 140 Å². The van der Waals surface area contributed by atoms with Crippen LogP contribution in [0, 0.1) is 11.3 Å². The van der Waals surface area contributed by atoms with Crippen molar-refractivity contribution in [2.75, 3.05) is 20.0 Å². The first kappa shape index (κ1) is 16.6. The van der Waals surface area contributed by atoms with Crippen LogP contribution in [0.1, 0.15) is 26.4 Å². The minimum Gasteiger partial charge on any atom is -0.465 e. The Morgan fingerprint density at radius 2 is 1.91 bits per heavy atom. The first-order valence-electron chi connectivity index (χ1n) is 6.32. The number of rotatable bonds is 3. The molecule has 1 heterocycles. The fraction of sp³-hybridized carbons (Fsp3) is 0.133. The van der Waals surface area contributed by atoms with Gasteiger partial charge in [0.05, 0.1) is 31.0 Å². The van der Waals surface area contributed by atoms with Gasteiger partial charge in [0, 0.05) is 16.4 Å². The predicted molar refractivity (Wildman–Crippen MR) is 85.3 cm³/mol. The van der Waals surface area contributed by atoms with Crippen LogP contribution in [0.4, 0.5) is 5.69 Å². The van der Waals surface area contributed by atoms with Crippen LogP contribution in [0.25, 0.3) is 5.69 Å². The van der Waals surface area contributed by atoms with E-state index in [1.807, 2.05) is 6.07 Å². The number of halogens is 1. The molecule has 0 saturated carbocycles. The summed E-state index contributed by atoms with van der Waals surface area (Å²) in [5.41, 5.74) is 6.73. The van der Waals surface area contributed by atoms with Gasteiger partial charge in [-0.15, -0.1) is 0 Å². The van der Waals surface area contributed by atoms with Gasteiger partial charge in [-0.3, -0.25) is 0 Å². The maximum Gasteiger partial charge on any atom is 0.357 e. The molecule has 0 fully saturated rings. The lowest BCUT2D eigenvalue weighted by Crippen LogP contribution is -2.12. The molecule has 0 amide bonds. The predicted octanol–water partition coefficient (Wildman–Crippen LogP) is 2.27. The van der Waals surface area contributed by atoms with Gasteiger partial charge in [-0.25, -0.2) is 9.59 Å². The van der Waals surface area contributed by atoms with E-state index in [0.717, 1.165) is 0 Å². The molecule has 0 bridgehead atoms. The average Bonchev–Trinajstić information content (AvgIpc) is 2.90. The number of hydrogen-bond donors (Lipinski definition) is 1. The van der Waals surface area contributed by atoms with Crippen LogP contribution in [-0.2, 0) is 9.47 Å². The summed E-state index contributed by atoms with van der Waals surface area (Å²) in [6.07, 6.45) is 1.41. The highest BCUT2D eigenvalue weighted by molar-refractivity contribution is 9.10.